The third-order valence-corrected chi connectivity index (χ3v) is 3.55. The van der Waals surface area contributed by atoms with Crippen molar-refractivity contribution in [1.29, 1.82) is 0 Å². The molecule has 2 rings (SSSR count). The predicted molar refractivity (Wildman–Crippen MR) is 72.1 cm³/mol. The number of rotatable bonds is 4. The Labute approximate surface area is 116 Å². The van der Waals surface area contributed by atoms with Gasteiger partial charge in [0, 0.05) is 11.3 Å². The smallest absolute Gasteiger partial charge is 0.387 e. The van der Waals surface area contributed by atoms with Crippen molar-refractivity contribution in [3.63, 3.8) is 0 Å². The van der Waals surface area contributed by atoms with Crippen LogP contribution in [0.15, 0.2) is 24.3 Å². The molecule has 20 heavy (non-hydrogen) atoms. The van der Waals surface area contributed by atoms with Crippen LogP contribution < -0.4 is 4.74 Å². The summed E-state index contributed by atoms with van der Waals surface area (Å²) < 4.78 is 29.3. The van der Waals surface area contributed by atoms with Gasteiger partial charge in [0.25, 0.3) is 0 Å². The van der Waals surface area contributed by atoms with E-state index < -0.39 is 12.7 Å². The van der Waals surface area contributed by atoms with Gasteiger partial charge in [-0.15, -0.1) is 0 Å². The maximum absolute atomic E-state index is 12.4. The molecule has 1 heterocycles. The molecular formula is C15H17F2NO2. The molecule has 0 amide bonds. The SMILES string of the molecule is Cc1[nH]c(C(O)c2ccccc2OC(F)F)c(C)c1C. The second-order valence-electron chi connectivity index (χ2n) is 4.73. The Morgan fingerprint density at radius 1 is 1.10 bits per heavy atom. The van der Waals surface area contributed by atoms with E-state index in [0.29, 0.717) is 11.3 Å². The minimum atomic E-state index is -2.92. The van der Waals surface area contributed by atoms with Crippen molar-refractivity contribution in [2.24, 2.45) is 0 Å². The molecule has 1 aromatic heterocycles. The molecule has 0 aliphatic heterocycles. The molecule has 1 aromatic carbocycles. The van der Waals surface area contributed by atoms with Gasteiger partial charge in [0.1, 0.15) is 11.9 Å². The number of aryl methyl sites for hydroxylation is 1. The number of aromatic amines is 1. The van der Waals surface area contributed by atoms with Crippen molar-refractivity contribution in [2.75, 3.05) is 0 Å². The molecule has 1 unspecified atom stereocenters. The molecule has 0 saturated carbocycles. The quantitative estimate of drug-likeness (QED) is 0.899. The number of hydrogen-bond donors (Lipinski definition) is 2. The summed E-state index contributed by atoms with van der Waals surface area (Å²) in [5.74, 6) is -0.0145. The number of nitrogens with one attached hydrogen (secondary N) is 1. The zero-order chi connectivity index (χ0) is 14.9. The average molecular weight is 281 g/mol. The third kappa shape index (κ3) is 2.67. The summed E-state index contributed by atoms with van der Waals surface area (Å²) in [5.41, 5.74) is 3.83. The fraction of sp³-hybridized carbons (Fsp3) is 0.333. The third-order valence-electron chi connectivity index (χ3n) is 3.55. The molecule has 0 saturated heterocycles. The standard InChI is InChI=1S/C15H17F2NO2/c1-8-9(2)13(18-10(8)3)14(19)11-6-4-5-7-12(11)20-15(16)17/h4-7,14-15,18-19H,1-3H3. The van der Waals surface area contributed by atoms with Gasteiger partial charge in [0.15, 0.2) is 0 Å². The molecule has 0 fully saturated rings. The molecule has 108 valence electrons. The molecule has 0 radical (unpaired) electrons. The van der Waals surface area contributed by atoms with Crippen LogP contribution in [0.1, 0.15) is 34.2 Å². The van der Waals surface area contributed by atoms with E-state index in [-0.39, 0.29) is 5.75 Å². The van der Waals surface area contributed by atoms with Gasteiger partial charge in [0.2, 0.25) is 0 Å². The molecule has 0 spiro atoms. The lowest BCUT2D eigenvalue weighted by atomic mass is 10.0. The van der Waals surface area contributed by atoms with Crippen LogP contribution in [0.2, 0.25) is 0 Å². The monoisotopic (exact) mass is 281 g/mol. The van der Waals surface area contributed by atoms with Gasteiger partial charge in [-0.1, -0.05) is 18.2 Å². The lowest BCUT2D eigenvalue weighted by molar-refractivity contribution is -0.0513. The lowest BCUT2D eigenvalue weighted by Gasteiger charge is -2.16. The average Bonchev–Trinajstić information content (AvgIpc) is 2.66. The van der Waals surface area contributed by atoms with E-state index in [9.17, 15) is 13.9 Å². The van der Waals surface area contributed by atoms with Crippen LogP contribution in [0.5, 0.6) is 5.75 Å². The summed E-state index contributed by atoms with van der Waals surface area (Å²) >= 11 is 0. The number of H-pyrrole nitrogens is 1. The Kier molecular flexibility index (Phi) is 4.09. The van der Waals surface area contributed by atoms with Crippen LogP contribution in [0.25, 0.3) is 0 Å². The fourth-order valence-electron chi connectivity index (χ4n) is 2.21. The first-order valence-electron chi connectivity index (χ1n) is 6.29. The highest BCUT2D eigenvalue weighted by atomic mass is 19.3. The van der Waals surface area contributed by atoms with E-state index in [1.54, 1.807) is 18.2 Å². The molecule has 0 aliphatic rings. The van der Waals surface area contributed by atoms with Crippen molar-refractivity contribution < 1.29 is 18.6 Å². The largest absolute Gasteiger partial charge is 0.434 e. The number of halogens is 2. The second-order valence-corrected chi connectivity index (χ2v) is 4.73. The highest BCUT2D eigenvalue weighted by molar-refractivity contribution is 5.43. The second kappa shape index (κ2) is 5.63. The number of aliphatic hydroxyl groups is 1. The van der Waals surface area contributed by atoms with Crippen LogP contribution in [0.3, 0.4) is 0 Å². The summed E-state index contributed by atoms with van der Waals surface area (Å²) in [6.07, 6.45) is -1.03. The maximum atomic E-state index is 12.4. The highest BCUT2D eigenvalue weighted by Crippen LogP contribution is 2.33. The van der Waals surface area contributed by atoms with Gasteiger partial charge < -0.3 is 14.8 Å². The van der Waals surface area contributed by atoms with E-state index >= 15 is 0 Å². The molecule has 2 aromatic rings. The first-order chi connectivity index (χ1) is 9.41. The molecule has 0 bridgehead atoms. The topological polar surface area (TPSA) is 45.2 Å². The van der Waals surface area contributed by atoms with Gasteiger partial charge in [-0.2, -0.15) is 8.78 Å². The van der Waals surface area contributed by atoms with Gasteiger partial charge in [-0.05, 0) is 38.0 Å². The highest BCUT2D eigenvalue weighted by Gasteiger charge is 2.21. The summed E-state index contributed by atoms with van der Waals surface area (Å²) in [4.78, 5) is 3.10. The maximum Gasteiger partial charge on any atom is 0.387 e. The van der Waals surface area contributed by atoms with Crippen LogP contribution in [-0.4, -0.2) is 16.7 Å². The Balaban J connectivity index is 2.42. The minimum Gasteiger partial charge on any atom is -0.434 e. The van der Waals surface area contributed by atoms with Crippen LogP contribution >= 0.6 is 0 Å². The van der Waals surface area contributed by atoms with E-state index in [0.717, 1.165) is 16.8 Å². The van der Waals surface area contributed by atoms with Gasteiger partial charge in [-0.3, -0.25) is 0 Å². The number of benzene rings is 1. The number of hydrogen-bond acceptors (Lipinski definition) is 2. The number of aromatic nitrogens is 1. The molecular weight excluding hydrogens is 264 g/mol. The van der Waals surface area contributed by atoms with Gasteiger partial charge in [-0.25, -0.2) is 0 Å². The first-order valence-corrected chi connectivity index (χ1v) is 6.29. The van der Waals surface area contributed by atoms with Gasteiger partial charge >= 0.3 is 6.61 Å². The molecule has 0 aliphatic carbocycles. The van der Waals surface area contributed by atoms with Crippen LogP contribution in [0, 0.1) is 20.8 Å². The molecule has 3 nitrogen and oxygen atoms in total. The van der Waals surface area contributed by atoms with E-state index in [1.807, 2.05) is 20.8 Å². The zero-order valence-electron chi connectivity index (χ0n) is 11.6. The number of para-hydroxylation sites is 1. The van der Waals surface area contributed by atoms with E-state index in [1.165, 1.54) is 6.07 Å². The molecule has 2 N–H and O–H groups in total. The summed E-state index contributed by atoms with van der Waals surface area (Å²) in [6.45, 7) is 2.81. The van der Waals surface area contributed by atoms with Crippen LogP contribution in [-0.2, 0) is 0 Å². The van der Waals surface area contributed by atoms with Crippen molar-refractivity contribution in [3.8, 4) is 5.75 Å². The Morgan fingerprint density at radius 3 is 2.30 bits per heavy atom. The normalized spacial score (nSPS) is 12.8. The van der Waals surface area contributed by atoms with E-state index in [4.69, 9.17) is 0 Å². The summed E-state index contributed by atoms with van der Waals surface area (Å²) in [5, 5.41) is 10.4. The Hall–Kier alpha value is -1.88. The van der Waals surface area contributed by atoms with Crippen molar-refractivity contribution in [3.05, 3.63) is 52.3 Å². The number of alkyl halides is 2. The minimum absolute atomic E-state index is 0.0145. The first kappa shape index (κ1) is 14.5. The number of aliphatic hydroxyl groups excluding tert-OH is 1. The zero-order valence-corrected chi connectivity index (χ0v) is 11.6. The lowest BCUT2D eigenvalue weighted by Crippen LogP contribution is -2.08. The Bertz CT molecular complexity index is 608. The van der Waals surface area contributed by atoms with Gasteiger partial charge in [0.05, 0.1) is 5.69 Å². The Morgan fingerprint density at radius 2 is 1.75 bits per heavy atom. The summed E-state index contributed by atoms with van der Waals surface area (Å²) in [6, 6.07) is 6.26. The number of ether oxygens (including phenoxy) is 1. The van der Waals surface area contributed by atoms with Crippen molar-refractivity contribution >= 4 is 0 Å². The fourth-order valence-corrected chi connectivity index (χ4v) is 2.21. The predicted octanol–water partition coefficient (Wildman–Crippen LogP) is 3.62. The van der Waals surface area contributed by atoms with Crippen molar-refractivity contribution in [2.45, 2.75) is 33.5 Å². The van der Waals surface area contributed by atoms with Crippen molar-refractivity contribution in [1.82, 2.24) is 4.98 Å². The van der Waals surface area contributed by atoms with Crippen LogP contribution in [0.4, 0.5) is 8.78 Å². The summed E-state index contributed by atoms with van der Waals surface area (Å²) in [7, 11) is 0. The molecule has 5 heteroatoms. The molecule has 1 atom stereocenters. The van der Waals surface area contributed by atoms with E-state index in [2.05, 4.69) is 9.72 Å².